The lowest BCUT2D eigenvalue weighted by Gasteiger charge is -2.39. The van der Waals surface area contributed by atoms with E-state index in [4.69, 9.17) is 14.2 Å². The third-order valence-electron chi connectivity index (χ3n) is 8.28. The Bertz CT molecular complexity index is 1710. The molecule has 1 aromatic heterocycles. The van der Waals surface area contributed by atoms with Gasteiger partial charge in [0.1, 0.15) is 6.10 Å². The molecule has 3 aromatic carbocycles. The van der Waals surface area contributed by atoms with Gasteiger partial charge in [0.05, 0.1) is 37.3 Å². The van der Waals surface area contributed by atoms with Crippen molar-refractivity contribution in [1.29, 1.82) is 5.26 Å². The molecule has 0 bridgehead atoms. The highest BCUT2D eigenvalue weighted by Gasteiger charge is 2.57. The van der Waals surface area contributed by atoms with Crippen LogP contribution in [0.4, 0.5) is 13.2 Å². The van der Waals surface area contributed by atoms with Crippen LogP contribution in [0.3, 0.4) is 0 Å². The van der Waals surface area contributed by atoms with E-state index in [-0.39, 0.29) is 55.7 Å². The van der Waals surface area contributed by atoms with Crippen molar-refractivity contribution in [2.45, 2.75) is 50.6 Å². The van der Waals surface area contributed by atoms with Crippen LogP contribution in [-0.4, -0.2) is 66.2 Å². The SMILES string of the molecule is CCOC(=O)Cc1ccc(OC2CCN(CC(O)(c3cn(Cc4ccccc4)c4cc(C#N)ccc34)C(F)(F)F)CC2)c(OC)c1. The van der Waals surface area contributed by atoms with Crippen LogP contribution in [0.5, 0.6) is 11.5 Å². The van der Waals surface area contributed by atoms with Crippen molar-refractivity contribution in [1.82, 2.24) is 9.47 Å². The van der Waals surface area contributed by atoms with E-state index in [1.54, 1.807) is 40.7 Å². The summed E-state index contributed by atoms with van der Waals surface area (Å²) < 4.78 is 62.9. The first kappa shape index (κ1) is 32.9. The summed E-state index contributed by atoms with van der Waals surface area (Å²) in [5, 5.41) is 21.2. The van der Waals surface area contributed by atoms with E-state index >= 15 is 0 Å². The fourth-order valence-electron chi connectivity index (χ4n) is 5.92. The molecule has 5 rings (SSSR count). The second kappa shape index (κ2) is 13.8. The quantitative estimate of drug-likeness (QED) is 0.203. The number of halogens is 3. The molecule has 1 aliphatic heterocycles. The molecule has 11 heteroatoms. The smallest absolute Gasteiger partial charge is 0.422 e. The van der Waals surface area contributed by atoms with Gasteiger partial charge >= 0.3 is 12.1 Å². The highest BCUT2D eigenvalue weighted by molar-refractivity contribution is 5.86. The zero-order chi connectivity index (χ0) is 32.9. The van der Waals surface area contributed by atoms with Crippen LogP contribution in [0, 0.1) is 11.3 Å². The minimum atomic E-state index is -4.97. The first-order chi connectivity index (χ1) is 22.0. The molecule has 46 heavy (non-hydrogen) atoms. The van der Waals surface area contributed by atoms with Crippen molar-refractivity contribution in [3.63, 3.8) is 0 Å². The summed E-state index contributed by atoms with van der Waals surface area (Å²) >= 11 is 0. The van der Waals surface area contributed by atoms with E-state index in [9.17, 15) is 28.3 Å². The molecule has 4 aromatic rings. The van der Waals surface area contributed by atoms with Gasteiger partial charge in [-0.25, -0.2) is 0 Å². The van der Waals surface area contributed by atoms with Gasteiger partial charge in [0.15, 0.2) is 11.5 Å². The molecule has 1 unspecified atom stereocenters. The predicted octanol–water partition coefficient (Wildman–Crippen LogP) is 5.97. The van der Waals surface area contributed by atoms with Crippen LogP contribution in [0.15, 0.2) is 72.9 Å². The Morgan fingerprint density at radius 3 is 2.41 bits per heavy atom. The van der Waals surface area contributed by atoms with Crippen LogP contribution < -0.4 is 9.47 Å². The predicted molar refractivity (Wildman–Crippen MR) is 166 cm³/mol. The second-order valence-corrected chi connectivity index (χ2v) is 11.4. The fourth-order valence-corrected chi connectivity index (χ4v) is 5.92. The van der Waals surface area contributed by atoms with Crippen molar-refractivity contribution in [2.24, 2.45) is 0 Å². The Morgan fingerprint density at radius 1 is 1.02 bits per heavy atom. The number of hydrogen-bond donors (Lipinski definition) is 1. The second-order valence-electron chi connectivity index (χ2n) is 11.4. The number of fused-ring (bicyclic) bond motifs is 1. The number of carbonyl (C=O) groups is 1. The summed E-state index contributed by atoms with van der Waals surface area (Å²) in [6.07, 6.45) is -2.93. The largest absolute Gasteiger partial charge is 0.493 e. The van der Waals surface area contributed by atoms with Gasteiger partial charge in [0.25, 0.3) is 0 Å². The number of alkyl halides is 3. The summed E-state index contributed by atoms with van der Waals surface area (Å²) in [7, 11) is 1.49. The molecule has 242 valence electrons. The Hall–Kier alpha value is -4.53. The number of hydrogen-bond acceptors (Lipinski definition) is 7. The van der Waals surface area contributed by atoms with Crippen LogP contribution in [0.1, 0.15) is 42.0 Å². The summed E-state index contributed by atoms with van der Waals surface area (Å²) in [6, 6.07) is 21.0. The minimum Gasteiger partial charge on any atom is -0.493 e. The molecule has 0 aliphatic carbocycles. The first-order valence-electron chi connectivity index (χ1n) is 15.1. The molecule has 0 radical (unpaired) electrons. The molecule has 1 atom stereocenters. The van der Waals surface area contributed by atoms with Crippen LogP contribution in [-0.2, 0) is 28.1 Å². The molecule has 2 heterocycles. The highest BCUT2D eigenvalue weighted by Crippen LogP contribution is 2.44. The number of ether oxygens (including phenoxy) is 3. The number of piperidine rings is 1. The summed E-state index contributed by atoms with van der Waals surface area (Å²) in [6.45, 7) is 2.19. The number of methoxy groups -OCH3 is 1. The van der Waals surface area contributed by atoms with Crippen LogP contribution in [0.2, 0.25) is 0 Å². The lowest BCUT2D eigenvalue weighted by molar-refractivity contribution is -0.272. The van der Waals surface area contributed by atoms with Crippen molar-refractivity contribution in [3.05, 3.63) is 95.2 Å². The zero-order valence-electron chi connectivity index (χ0n) is 25.7. The number of benzene rings is 3. The third kappa shape index (κ3) is 7.14. The van der Waals surface area contributed by atoms with Gasteiger partial charge in [-0.2, -0.15) is 18.4 Å². The molecule has 1 aliphatic rings. The highest BCUT2D eigenvalue weighted by atomic mass is 19.4. The number of esters is 1. The van der Waals surface area contributed by atoms with Crippen molar-refractivity contribution in [3.8, 4) is 17.6 Å². The van der Waals surface area contributed by atoms with E-state index in [0.717, 1.165) is 5.56 Å². The van der Waals surface area contributed by atoms with Gasteiger partial charge in [-0.05, 0) is 55.2 Å². The van der Waals surface area contributed by atoms with Crippen molar-refractivity contribution < 1.29 is 37.3 Å². The summed E-state index contributed by atoms with van der Waals surface area (Å²) in [4.78, 5) is 13.5. The fraction of sp³-hybridized carbons (Fsp3) is 0.371. The third-order valence-corrected chi connectivity index (χ3v) is 8.28. The van der Waals surface area contributed by atoms with E-state index in [0.29, 0.717) is 41.0 Å². The minimum absolute atomic E-state index is 0.0927. The molecule has 8 nitrogen and oxygen atoms in total. The van der Waals surface area contributed by atoms with E-state index in [2.05, 4.69) is 6.07 Å². The Morgan fingerprint density at radius 2 is 1.76 bits per heavy atom. The molecule has 1 N–H and O–H groups in total. The normalized spacial score (nSPS) is 15.7. The van der Waals surface area contributed by atoms with Gasteiger partial charge in [-0.3, -0.25) is 9.69 Å². The molecular weight excluding hydrogens is 599 g/mol. The molecule has 1 saturated heterocycles. The Balaban J connectivity index is 1.33. The number of nitrogens with zero attached hydrogens (tertiary/aromatic N) is 3. The van der Waals surface area contributed by atoms with Gasteiger partial charge < -0.3 is 23.9 Å². The lowest BCUT2D eigenvalue weighted by Crippen LogP contribution is -2.53. The maximum Gasteiger partial charge on any atom is 0.422 e. The standard InChI is InChI=1S/C35H36F3N3O5/c1-3-45-33(42)19-25-10-12-31(32(18-25)44-2)46-27-13-15-40(16-14-27)23-34(43,35(36,37)38)29-22-41(21-24-7-5-4-6-8-24)30-17-26(20-39)9-11-28(29)30/h4-12,17-18,22,27,43H,3,13-16,19,21,23H2,1-2H3. The number of carbonyl (C=O) groups excluding carboxylic acids is 1. The van der Waals surface area contributed by atoms with Gasteiger partial charge in [0.2, 0.25) is 5.60 Å². The number of nitriles is 1. The number of aliphatic hydroxyl groups is 1. The van der Waals surface area contributed by atoms with Crippen molar-refractivity contribution in [2.75, 3.05) is 33.4 Å². The molecule has 0 amide bonds. The summed E-state index contributed by atoms with van der Waals surface area (Å²) in [5.41, 5.74) is -1.08. The zero-order valence-corrected chi connectivity index (χ0v) is 25.7. The number of aromatic nitrogens is 1. The van der Waals surface area contributed by atoms with Crippen LogP contribution >= 0.6 is 0 Å². The number of rotatable bonds is 11. The molecular formula is C35H36F3N3O5. The average Bonchev–Trinajstić information content (AvgIpc) is 3.40. The monoisotopic (exact) mass is 635 g/mol. The van der Waals surface area contributed by atoms with Gasteiger partial charge in [-0.1, -0.05) is 42.5 Å². The molecule has 1 fully saturated rings. The van der Waals surface area contributed by atoms with Gasteiger partial charge in [-0.15, -0.1) is 0 Å². The lowest BCUT2D eigenvalue weighted by atomic mass is 9.90. The first-order valence-corrected chi connectivity index (χ1v) is 15.1. The molecule has 0 saturated carbocycles. The van der Waals surface area contributed by atoms with E-state index < -0.39 is 18.3 Å². The Labute approximate surface area is 265 Å². The molecule has 0 spiro atoms. The van der Waals surface area contributed by atoms with E-state index in [1.165, 1.54) is 25.4 Å². The van der Waals surface area contributed by atoms with Crippen LogP contribution in [0.25, 0.3) is 10.9 Å². The van der Waals surface area contributed by atoms with Crippen molar-refractivity contribution >= 4 is 16.9 Å². The Kier molecular flexibility index (Phi) is 9.89. The maximum atomic E-state index is 14.9. The maximum absolute atomic E-state index is 14.9. The summed E-state index contributed by atoms with van der Waals surface area (Å²) in [5.74, 6) is 0.572. The van der Waals surface area contributed by atoms with E-state index in [1.807, 2.05) is 30.3 Å². The average molecular weight is 636 g/mol. The topological polar surface area (TPSA) is 97.0 Å². The van der Waals surface area contributed by atoms with Gasteiger partial charge in [0, 0.05) is 43.3 Å². The number of β-amino-alcohol motifs (C(OH)–C–C–N with tert-alkyl or cyclic N) is 1. The number of likely N-dealkylation sites (tertiary alicyclic amines) is 1.